The van der Waals surface area contributed by atoms with Crippen LogP contribution in [0, 0.1) is 11.7 Å². The van der Waals surface area contributed by atoms with Gasteiger partial charge in [0.2, 0.25) is 0 Å². The minimum absolute atomic E-state index is 0.107. The smallest absolute Gasteiger partial charge is 0.164 e. The molecule has 0 bridgehead atoms. The van der Waals surface area contributed by atoms with Crippen LogP contribution in [-0.2, 0) is 5.41 Å². The van der Waals surface area contributed by atoms with Crippen LogP contribution < -0.4 is 16.8 Å². The van der Waals surface area contributed by atoms with Crippen molar-refractivity contribution >= 4 is 41.6 Å². The van der Waals surface area contributed by atoms with E-state index in [0.717, 1.165) is 37.2 Å². The fourth-order valence-electron chi connectivity index (χ4n) is 4.86. The first-order chi connectivity index (χ1) is 14.9. The maximum absolute atomic E-state index is 15.2. The maximum Gasteiger partial charge on any atom is 0.164 e. The molecule has 2 unspecified atom stereocenters. The van der Waals surface area contributed by atoms with Gasteiger partial charge in [-0.2, -0.15) is 0 Å². The van der Waals surface area contributed by atoms with E-state index in [1.807, 2.05) is 0 Å². The third-order valence-electron chi connectivity index (χ3n) is 6.27. The molecule has 7 nitrogen and oxygen atoms in total. The Morgan fingerprint density at radius 3 is 3.00 bits per heavy atom. The van der Waals surface area contributed by atoms with Crippen LogP contribution in [0.5, 0.6) is 0 Å². The van der Waals surface area contributed by atoms with E-state index >= 15 is 4.39 Å². The standard InChI is InChI=1S/C22H24ClFN6O/c1-12(31)17-16(26)3-2-14(20(17)24)15-8-29-21-18(19(15)23)22(9-30-21)5-4-13(6-22)7-27-11-28-10-25/h2-3,8,10-11,13H,4-7,9,26H2,1H3,(H,29,30)(H2,25,27,28). The summed E-state index contributed by atoms with van der Waals surface area (Å²) >= 11 is 6.87. The summed E-state index contributed by atoms with van der Waals surface area (Å²) in [7, 11) is 0. The van der Waals surface area contributed by atoms with Crippen LogP contribution in [-0.4, -0.2) is 36.5 Å². The Labute approximate surface area is 184 Å². The lowest BCUT2D eigenvalue weighted by Crippen LogP contribution is -2.25. The molecule has 9 heteroatoms. The zero-order chi connectivity index (χ0) is 22.2. The highest BCUT2D eigenvalue weighted by Gasteiger charge is 2.47. The van der Waals surface area contributed by atoms with Crippen LogP contribution in [0.1, 0.15) is 42.1 Å². The van der Waals surface area contributed by atoms with Crippen molar-refractivity contribution in [2.45, 2.75) is 31.6 Å². The Kier molecular flexibility index (Phi) is 5.66. The van der Waals surface area contributed by atoms with E-state index in [-0.39, 0.29) is 22.2 Å². The number of nitrogens with two attached hydrogens (primary N) is 2. The predicted octanol–water partition coefficient (Wildman–Crippen LogP) is 3.80. The van der Waals surface area contributed by atoms with Gasteiger partial charge in [0.1, 0.15) is 18.0 Å². The second-order valence-electron chi connectivity index (χ2n) is 8.18. The number of rotatable bonds is 5. The Hall–Kier alpha value is -3.00. The molecular weight excluding hydrogens is 419 g/mol. The minimum Gasteiger partial charge on any atom is -0.398 e. The van der Waals surface area contributed by atoms with Gasteiger partial charge in [-0.05, 0) is 44.2 Å². The van der Waals surface area contributed by atoms with Crippen molar-refractivity contribution in [1.82, 2.24) is 4.98 Å². The van der Waals surface area contributed by atoms with Crippen LogP contribution >= 0.6 is 11.6 Å². The summed E-state index contributed by atoms with van der Waals surface area (Å²) in [6.07, 6.45) is 7.04. The molecule has 0 amide bonds. The molecule has 1 aliphatic heterocycles. The van der Waals surface area contributed by atoms with Crippen molar-refractivity contribution in [2.75, 3.05) is 24.1 Å². The molecular formula is C22H24ClFN6O. The number of benzene rings is 1. The third kappa shape index (κ3) is 3.65. The van der Waals surface area contributed by atoms with Crippen molar-refractivity contribution in [3.05, 3.63) is 40.3 Å². The number of nitrogen functional groups attached to an aromatic ring is 1. The fourth-order valence-corrected chi connectivity index (χ4v) is 5.30. The van der Waals surface area contributed by atoms with Crippen LogP contribution in [0.25, 0.3) is 11.1 Å². The summed E-state index contributed by atoms with van der Waals surface area (Å²) in [4.78, 5) is 24.6. The number of carbonyl (C=O) groups is 1. The highest BCUT2D eigenvalue weighted by molar-refractivity contribution is 6.34. The van der Waals surface area contributed by atoms with Gasteiger partial charge >= 0.3 is 0 Å². The van der Waals surface area contributed by atoms with Crippen LogP contribution in [0.15, 0.2) is 28.3 Å². The monoisotopic (exact) mass is 442 g/mol. The Balaban J connectivity index is 1.72. The zero-order valence-corrected chi connectivity index (χ0v) is 17.9. The lowest BCUT2D eigenvalue weighted by atomic mass is 9.79. The molecule has 2 heterocycles. The summed E-state index contributed by atoms with van der Waals surface area (Å²) in [6.45, 7) is 2.68. The van der Waals surface area contributed by atoms with Gasteiger partial charge in [0.05, 0.1) is 16.9 Å². The second kappa shape index (κ2) is 8.26. The van der Waals surface area contributed by atoms with Crippen LogP contribution in [0.2, 0.25) is 5.02 Å². The minimum atomic E-state index is -0.671. The summed E-state index contributed by atoms with van der Waals surface area (Å²) < 4.78 is 15.2. The molecule has 1 aliphatic carbocycles. The van der Waals surface area contributed by atoms with E-state index in [2.05, 4.69) is 20.3 Å². The maximum atomic E-state index is 15.2. The van der Waals surface area contributed by atoms with E-state index < -0.39 is 11.6 Å². The molecule has 31 heavy (non-hydrogen) atoms. The number of nitrogens with zero attached hydrogens (tertiary/aromatic N) is 3. The average molecular weight is 443 g/mol. The van der Waals surface area contributed by atoms with Gasteiger partial charge in [-0.15, -0.1) is 0 Å². The molecule has 162 valence electrons. The molecule has 1 fully saturated rings. The first-order valence-corrected chi connectivity index (χ1v) is 10.5. The Bertz CT molecular complexity index is 1100. The SMILES string of the molecule is CC(=O)c1c(N)ccc(-c2cnc3c(c2Cl)C2(CCC(CN=CN=CN)C2)CN3)c1F. The number of pyridine rings is 1. The first kappa shape index (κ1) is 21.2. The van der Waals surface area contributed by atoms with E-state index in [0.29, 0.717) is 23.0 Å². The van der Waals surface area contributed by atoms with Crippen molar-refractivity contribution < 1.29 is 9.18 Å². The van der Waals surface area contributed by atoms with Crippen molar-refractivity contribution in [3.8, 4) is 11.1 Å². The Morgan fingerprint density at radius 2 is 2.26 bits per heavy atom. The number of aromatic nitrogens is 1. The Morgan fingerprint density at radius 1 is 1.45 bits per heavy atom. The highest BCUT2D eigenvalue weighted by Crippen LogP contribution is 2.53. The number of nitrogens with one attached hydrogen (secondary N) is 1. The number of fused-ring (bicyclic) bond motifs is 2. The van der Waals surface area contributed by atoms with E-state index in [1.165, 1.54) is 25.7 Å². The van der Waals surface area contributed by atoms with Gasteiger partial charge in [-0.25, -0.2) is 14.4 Å². The molecule has 4 rings (SSSR count). The quantitative estimate of drug-likeness (QED) is 0.281. The molecule has 1 saturated carbocycles. The highest BCUT2D eigenvalue weighted by atomic mass is 35.5. The van der Waals surface area contributed by atoms with Gasteiger partial charge in [0.25, 0.3) is 0 Å². The third-order valence-corrected chi connectivity index (χ3v) is 6.66. The van der Waals surface area contributed by atoms with Crippen LogP contribution in [0.3, 0.4) is 0 Å². The second-order valence-corrected chi connectivity index (χ2v) is 8.56. The number of halogens is 2. The largest absolute Gasteiger partial charge is 0.398 e. The molecule has 2 aromatic rings. The van der Waals surface area contributed by atoms with Crippen LogP contribution in [0.4, 0.5) is 15.9 Å². The summed E-state index contributed by atoms with van der Waals surface area (Å²) in [5, 5.41) is 3.82. The van der Waals surface area contributed by atoms with E-state index in [4.69, 9.17) is 23.1 Å². The molecule has 1 aromatic carbocycles. The number of ketones is 1. The predicted molar refractivity (Wildman–Crippen MR) is 123 cm³/mol. The topological polar surface area (TPSA) is 119 Å². The van der Waals surface area contributed by atoms with Gasteiger partial charge in [0, 0.05) is 47.1 Å². The van der Waals surface area contributed by atoms with Gasteiger partial charge in [-0.3, -0.25) is 9.79 Å². The molecule has 2 aliphatic rings. The number of hydrogen-bond donors (Lipinski definition) is 3. The average Bonchev–Trinajstić information content (AvgIpc) is 3.31. The molecule has 5 N–H and O–H groups in total. The van der Waals surface area contributed by atoms with Gasteiger partial charge in [0.15, 0.2) is 5.78 Å². The lowest BCUT2D eigenvalue weighted by molar-refractivity contribution is 0.101. The van der Waals surface area contributed by atoms with Crippen molar-refractivity contribution in [2.24, 2.45) is 21.6 Å². The first-order valence-electron chi connectivity index (χ1n) is 10.1. The van der Waals surface area contributed by atoms with Crippen molar-refractivity contribution in [1.29, 1.82) is 0 Å². The van der Waals surface area contributed by atoms with Gasteiger partial charge < -0.3 is 16.8 Å². The zero-order valence-electron chi connectivity index (χ0n) is 17.2. The number of hydrogen-bond acceptors (Lipinski definition) is 5. The summed E-state index contributed by atoms with van der Waals surface area (Å²) in [5.74, 6) is 0.0104. The fraction of sp³-hybridized carbons (Fsp3) is 0.364. The molecule has 1 aromatic heterocycles. The summed E-state index contributed by atoms with van der Waals surface area (Å²) in [6, 6.07) is 3.08. The number of anilines is 2. The molecule has 0 saturated heterocycles. The lowest BCUT2D eigenvalue weighted by Gasteiger charge is -2.25. The normalized spacial score (nSPS) is 22.5. The number of aliphatic imine (C=N–C) groups is 2. The number of carbonyl (C=O) groups excluding carboxylic acids is 1. The number of Topliss-reactive ketones (excluding diaryl/α,β-unsaturated/α-hetero) is 1. The summed E-state index contributed by atoms with van der Waals surface area (Å²) in [5.41, 5.74) is 12.4. The molecule has 1 spiro atoms. The molecule has 2 atom stereocenters. The van der Waals surface area contributed by atoms with E-state index in [1.54, 1.807) is 12.3 Å². The van der Waals surface area contributed by atoms with Crippen molar-refractivity contribution in [3.63, 3.8) is 0 Å². The van der Waals surface area contributed by atoms with Gasteiger partial charge in [-0.1, -0.05) is 11.6 Å². The molecule has 0 radical (unpaired) electrons. The van der Waals surface area contributed by atoms with E-state index in [9.17, 15) is 4.79 Å².